The lowest BCUT2D eigenvalue weighted by Gasteiger charge is -2.36. The molecule has 1 amide bonds. The van der Waals surface area contributed by atoms with Crippen molar-refractivity contribution in [1.82, 2.24) is 10.2 Å². The maximum absolute atomic E-state index is 12.6. The van der Waals surface area contributed by atoms with Crippen molar-refractivity contribution in [3.8, 4) is 0 Å². The normalized spacial score (nSPS) is 18.7. The van der Waals surface area contributed by atoms with Gasteiger partial charge in [-0.1, -0.05) is 23.7 Å². The van der Waals surface area contributed by atoms with E-state index in [0.717, 1.165) is 30.8 Å². The van der Waals surface area contributed by atoms with Crippen molar-refractivity contribution in [1.29, 1.82) is 0 Å². The second-order valence-electron chi connectivity index (χ2n) is 5.17. The first-order valence-corrected chi connectivity index (χ1v) is 8.33. The summed E-state index contributed by atoms with van der Waals surface area (Å²) in [5.74, 6) is 0.180. The average molecular weight is 321 g/mol. The molecule has 3 nitrogen and oxygen atoms in total. The van der Waals surface area contributed by atoms with Crippen LogP contribution in [0.5, 0.6) is 0 Å². The van der Waals surface area contributed by atoms with E-state index in [1.807, 2.05) is 46.0 Å². The number of carbonyl (C=O) groups excluding carboxylic acids is 1. The molecular formula is C16H17ClN2OS. The Hall–Kier alpha value is -1.36. The summed E-state index contributed by atoms with van der Waals surface area (Å²) in [6, 6.07) is 9.85. The van der Waals surface area contributed by atoms with Crippen molar-refractivity contribution in [3.05, 3.63) is 57.2 Å². The van der Waals surface area contributed by atoms with Gasteiger partial charge in [0.25, 0.3) is 0 Å². The van der Waals surface area contributed by atoms with Gasteiger partial charge in [0.05, 0.1) is 12.5 Å². The number of halogens is 1. The van der Waals surface area contributed by atoms with E-state index in [9.17, 15) is 4.79 Å². The van der Waals surface area contributed by atoms with E-state index in [4.69, 9.17) is 11.6 Å². The Bertz CT molecular complexity index is 614. The molecule has 0 saturated carbocycles. The van der Waals surface area contributed by atoms with Gasteiger partial charge in [-0.15, -0.1) is 0 Å². The molecule has 3 rings (SSSR count). The molecular weight excluding hydrogens is 304 g/mol. The van der Waals surface area contributed by atoms with Crippen LogP contribution in [0.15, 0.2) is 41.1 Å². The number of benzene rings is 1. The number of nitrogens with one attached hydrogen (secondary N) is 1. The second-order valence-corrected chi connectivity index (χ2v) is 6.39. The summed E-state index contributed by atoms with van der Waals surface area (Å²) < 4.78 is 0. The molecule has 21 heavy (non-hydrogen) atoms. The van der Waals surface area contributed by atoms with Gasteiger partial charge in [-0.25, -0.2) is 0 Å². The fourth-order valence-corrected chi connectivity index (χ4v) is 3.55. The lowest BCUT2D eigenvalue weighted by Crippen LogP contribution is -2.49. The highest BCUT2D eigenvalue weighted by molar-refractivity contribution is 7.08. The molecule has 5 heteroatoms. The molecule has 1 aromatic carbocycles. The number of carbonyl (C=O) groups is 1. The predicted molar refractivity (Wildman–Crippen MR) is 86.8 cm³/mol. The van der Waals surface area contributed by atoms with Gasteiger partial charge in [-0.05, 0) is 40.1 Å². The van der Waals surface area contributed by atoms with Crippen LogP contribution in [0.3, 0.4) is 0 Å². The van der Waals surface area contributed by atoms with E-state index in [0.29, 0.717) is 11.4 Å². The van der Waals surface area contributed by atoms with E-state index in [2.05, 4.69) is 5.32 Å². The van der Waals surface area contributed by atoms with Gasteiger partial charge in [-0.3, -0.25) is 4.79 Å². The molecule has 0 bridgehead atoms. The van der Waals surface area contributed by atoms with Gasteiger partial charge in [0.2, 0.25) is 5.91 Å². The Labute approximate surface area is 133 Å². The number of piperazine rings is 1. The highest BCUT2D eigenvalue weighted by Crippen LogP contribution is 2.25. The molecule has 1 aliphatic heterocycles. The number of nitrogens with zero attached hydrogens (tertiary/aromatic N) is 1. The number of hydrogen-bond donors (Lipinski definition) is 1. The number of thiophene rings is 1. The molecule has 1 saturated heterocycles. The average Bonchev–Trinajstić information content (AvgIpc) is 3.00. The van der Waals surface area contributed by atoms with Gasteiger partial charge in [0.1, 0.15) is 0 Å². The number of hydrogen-bond acceptors (Lipinski definition) is 3. The molecule has 1 fully saturated rings. The first-order chi connectivity index (χ1) is 10.2. The summed E-state index contributed by atoms with van der Waals surface area (Å²) in [5, 5.41) is 8.12. The summed E-state index contributed by atoms with van der Waals surface area (Å²) in [4.78, 5) is 14.6. The van der Waals surface area contributed by atoms with E-state index in [1.54, 1.807) is 11.3 Å². The fourth-order valence-electron chi connectivity index (χ4n) is 2.68. The minimum Gasteiger partial charge on any atom is -0.333 e. The zero-order chi connectivity index (χ0) is 14.7. The Kier molecular flexibility index (Phi) is 4.58. The zero-order valence-corrected chi connectivity index (χ0v) is 13.2. The molecule has 1 unspecified atom stereocenters. The van der Waals surface area contributed by atoms with Crippen molar-refractivity contribution < 1.29 is 4.79 Å². The summed E-state index contributed by atoms with van der Waals surface area (Å²) >= 11 is 7.71. The predicted octanol–water partition coefficient (Wildman–Crippen LogP) is 3.12. The second kappa shape index (κ2) is 6.60. The van der Waals surface area contributed by atoms with E-state index < -0.39 is 0 Å². The van der Waals surface area contributed by atoms with Crippen LogP contribution in [-0.2, 0) is 11.2 Å². The molecule has 0 spiro atoms. The maximum Gasteiger partial charge on any atom is 0.227 e. The van der Waals surface area contributed by atoms with Crippen molar-refractivity contribution in [2.75, 3.05) is 19.6 Å². The highest BCUT2D eigenvalue weighted by atomic mass is 35.5. The summed E-state index contributed by atoms with van der Waals surface area (Å²) in [5.41, 5.74) is 2.18. The number of amides is 1. The highest BCUT2D eigenvalue weighted by Gasteiger charge is 2.27. The Morgan fingerprint density at radius 1 is 1.43 bits per heavy atom. The van der Waals surface area contributed by atoms with Crippen LogP contribution in [0.25, 0.3) is 0 Å². The first kappa shape index (κ1) is 14.6. The van der Waals surface area contributed by atoms with Crippen LogP contribution in [0.4, 0.5) is 0 Å². The van der Waals surface area contributed by atoms with E-state index in [1.165, 1.54) is 0 Å². The summed E-state index contributed by atoms with van der Waals surface area (Å²) in [7, 11) is 0. The van der Waals surface area contributed by atoms with Gasteiger partial charge in [0.15, 0.2) is 0 Å². The Morgan fingerprint density at radius 3 is 3.10 bits per heavy atom. The van der Waals surface area contributed by atoms with Gasteiger partial charge < -0.3 is 10.2 Å². The van der Waals surface area contributed by atoms with Crippen LogP contribution in [0.1, 0.15) is 17.2 Å². The molecule has 0 aliphatic carbocycles. The van der Waals surface area contributed by atoms with Crippen molar-refractivity contribution in [2.24, 2.45) is 0 Å². The van der Waals surface area contributed by atoms with Crippen molar-refractivity contribution in [3.63, 3.8) is 0 Å². The minimum absolute atomic E-state index is 0.0589. The van der Waals surface area contributed by atoms with Crippen molar-refractivity contribution >= 4 is 28.8 Å². The third-order valence-electron chi connectivity index (χ3n) is 3.73. The zero-order valence-electron chi connectivity index (χ0n) is 11.6. The molecule has 2 aromatic rings. The lowest BCUT2D eigenvalue weighted by atomic mass is 10.0. The molecule has 1 aliphatic rings. The number of rotatable bonds is 3. The smallest absolute Gasteiger partial charge is 0.227 e. The Morgan fingerprint density at radius 2 is 2.33 bits per heavy atom. The van der Waals surface area contributed by atoms with E-state index >= 15 is 0 Å². The molecule has 1 atom stereocenters. The van der Waals surface area contributed by atoms with Crippen LogP contribution >= 0.6 is 22.9 Å². The Balaban J connectivity index is 1.79. The largest absolute Gasteiger partial charge is 0.333 e. The maximum atomic E-state index is 12.6. The minimum atomic E-state index is 0.0589. The van der Waals surface area contributed by atoms with Crippen molar-refractivity contribution in [2.45, 2.75) is 12.5 Å². The standard InChI is InChI=1S/C16H17ClN2OS/c17-14-3-1-2-13(9-14)15-10-18-5-6-19(15)16(20)8-12-4-7-21-11-12/h1-4,7,9,11,15,18H,5-6,8,10H2. The molecule has 110 valence electrons. The van der Waals surface area contributed by atoms with Crippen LogP contribution in [0, 0.1) is 0 Å². The third-order valence-corrected chi connectivity index (χ3v) is 4.70. The van der Waals surface area contributed by atoms with Crippen LogP contribution in [-0.4, -0.2) is 30.4 Å². The van der Waals surface area contributed by atoms with Gasteiger partial charge >= 0.3 is 0 Å². The SMILES string of the molecule is O=C(Cc1ccsc1)N1CCNCC1c1cccc(Cl)c1. The third kappa shape index (κ3) is 3.46. The van der Waals surface area contributed by atoms with Gasteiger partial charge in [0, 0.05) is 24.7 Å². The molecule has 2 heterocycles. The molecule has 1 N–H and O–H groups in total. The monoisotopic (exact) mass is 320 g/mol. The lowest BCUT2D eigenvalue weighted by molar-refractivity contribution is -0.133. The van der Waals surface area contributed by atoms with E-state index in [-0.39, 0.29) is 11.9 Å². The topological polar surface area (TPSA) is 32.3 Å². The van der Waals surface area contributed by atoms with Crippen LogP contribution in [0.2, 0.25) is 5.02 Å². The van der Waals surface area contributed by atoms with Crippen LogP contribution < -0.4 is 5.32 Å². The quantitative estimate of drug-likeness (QED) is 0.942. The fraction of sp³-hybridized carbons (Fsp3) is 0.312. The summed E-state index contributed by atoms with van der Waals surface area (Å²) in [6.45, 7) is 2.35. The molecule has 1 aromatic heterocycles. The van der Waals surface area contributed by atoms with Gasteiger partial charge in [-0.2, -0.15) is 11.3 Å². The summed E-state index contributed by atoms with van der Waals surface area (Å²) in [6.07, 6.45) is 0.473. The first-order valence-electron chi connectivity index (χ1n) is 7.01. The molecule has 0 radical (unpaired) electrons.